The highest BCUT2D eigenvalue weighted by atomic mass is 16.7. The van der Waals surface area contributed by atoms with E-state index >= 15 is 0 Å². The monoisotopic (exact) mass is 659 g/mol. The Labute approximate surface area is 281 Å². The quantitative estimate of drug-likeness (QED) is 0.204. The van der Waals surface area contributed by atoms with Gasteiger partial charge in [0.05, 0.1) is 18.6 Å². The van der Waals surface area contributed by atoms with Gasteiger partial charge in [-0.25, -0.2) is 0 Å². The van der Waals surface area contributed by atoms with Gasteiger partial charge < -0.3 is 35.2 Å². The van der Waals surface area contributed by atoms with Gasteiger partial charge in [-0.1, -0.05) is 60.1 Å². The summed E-state index contributed by atoms with van der Waals surface area (Å²) in [7, 11) is 0. The van der Waals surface area contributed by atoms with Crippen molar-refractivity contribution in [3.8, 4) is 0 Å². The summed E-state index contributed by atoms with van der Waals surface area (Å²) in [5.74, 6) is 0.187. The number of hydrogen-bond donors (Lipinski definition) is 5. The Bertz CT molecular complexity index is 1280. The summed E-state index contributed by atoms with van der Waals surface area (Å²) in [6, 6.07) is -0.952. The van der Waals surface area contributed by atoms with Gasteiger partial charge in [-0.2, -0.15) is 0 Å². The molecule has 0 aromatic rings. The van der Waals surface area contributed by atoms with E-state index in [0.29, 0.717) is 17.8 Å². The fourth-order valence-electron chi connectivity index (χ4n) is 12.8. The summed E-state index contributed by atoms with van der Waals surface area (Å²) >= 11 is 0. The maximum atomic E-state index is 12.5. The van der Waals surface area contributed by atoms with E-state index in [-0.39, 0.29) is 50.9 Å². The second kappa shape index (κ2) is 11.8. The minimum absolute atomic E-state index is 0.0133. The average Bonchev–Trinajstić information content (AvgIpc) is 2.97. The number of amides is 1. The molecular weight excluding hydrogens is 598 g/mol. The number of aliphatic carboxylic acids is 1. The minimum atomic E-state index is -1.34. The topological polar surface area (TPSA) is 146 Å². The number of allylic oxidation sites excluding steroid dienone is 2. The highest BCUT2D eigenvalue weighted by Crippen LogP contribution is 2.75. The van der Waals surface area contributed by atoms with E-state index in [2.05, 4.69) is 59.9 Å². The molecule has 9 heteroatoms. The molecule has 0 aromatic carbocycles. The summed E-state index contributed by atoms with van der Waals surface area (Å²) < 4.78 is 12.7. The maximum absolute atomic E-state index is 12.5. The van der Waals surface area contributed by atoms with Crippen molar-refractivity contribution >= 4 is 11.9 Å². The molecule has 6 rings (SSSR count). The lowest BCUT2D eigenvalue weighted by Crippen LogP contribution is -2.67. The smallest absolute Gasteiger partial charge is 0.306 e. The van der Waals surface area contributed by atoms with Gasteiger partial charge in [0.15, 0.2) is 6.29 Å². The number of rotatable bonds is 5. The third kappa shape index (κ3) is 5.35. The van der Waals surface area contributed by atoms with E-state index in [4.69, 9.17) is 9.47 Å². The zero-order valence-corrected chi connectivity index (χ0v) is 29.9. The zero-order chi connectivity index (χ0) is 34.5. The highest BCUT2D eigenvalue weighted by molar-refractivity contribution is 5.73. The van der Waals surface area contributed by atoms with Crippen molar-refractivity contribution in [2.75, 3.05) is 6.61 Å². The molecule has 0 bridgehead atoms. The van der Waals surface area contributed by atoms with E-state index in [0.717, 1.165) is 57.8 Å². The summed E-state index contributed by atoms with van der Waals surface area (Å²) in [4.78, 5) is 24.5. The van der Waals surface area contributed by atoms with Crippen LogP contribution in [0.15, 0.2) is 11.6 Å². The predicted molar refractivity (Wildman–Crippen MR) is 177 cm³/mol. The van der Waals surface area contributed by atoms with Crippen molar-refractivity contribution in [1.82, 2.24) is 5.32 Å². The zero-order valence-electron chi connectivity index (χ0n) is 29.9. The lowest BCUT2D eigenvalue weighted by atomic mass is 9.34. The van der Waals surface area contributed by atoms with Gasteiger partial charge in [-0.15, -0.1) is 0 Å². The van der Waals surface area contributed by atoms with Crippen LogP contribution in [0, 0.1) is 56.7 Å². The number of hydrogen-bond acceptors (Lipinski definition) is 7. The van der Waals surface area contributed by atoms with Gasteiger partial charge in [-0.3, -0.25) is 9.59 Å². The average molecular weight is 660 g/mol. The molecule has 47 heavy (non-hydrogen) atoms. The van der Waals surface area contributed by atoms with Gasteiger partial charge in [0.2, 0.25) is 5.91 Å². The van der Waals surface area contributed by atoms with Gasteiger partial charge in [0.25, 0.3) is 0 Å². The number of carboxylic acids is 1. The largest absolute Gasteiger partial charge is 0.481 e. The van der Waals surface area contributed by atoms with Crippen LogP contribution in [0.5, 0.6) is 0 Å². The molecule has 1 amide bonds. The number of ether oxygens (including phenoxy) is 2. The van der Waals surface area contributed by atoms with Crippen LogP contribution in [0.4, 0.5) is 0 Å². The lowest BCUT2D eigenvalue weighted by Gasteiger charge is -2.71. The third-order valence-corrected chi connectivity index (χ3v) is 15.3. The third-order valence-electron chi connectivity index (χ3n) is 15.3. The number of fused-ring (bicyclic) bond motifs is 7. The number of carbonyl (C=O) groups is 2. The second-order valence-electron chi connectivity index (χ2n) is 18.5. The normalized spacial score (nSPS) is 50.1. The van der Waals surface area contributed by atoms with Crippen molar-refractivity contribution in [2.45, 2.75) is 150 Å². The van der Waals surface area contributed by atoms with Crippen molar-refractivity contribution in [3.05, 3.63) is 11.6 Å². The Morgan fingerprint density at radius 2 is 1.66 bits per heavy atom. The van der Waals surface area contributed by atoms with Crippen LogP contribution >= 0.6 is 0 Å². The Hall–Kier alpha value is -1.52. The van der Waals surface area contributed by atoms with Crippen LogP contribution in [0.3, 0.4) is 0 Å². The molecule has 1 aliphatic heterocycles. The Morgan fingerprint density at radius 1 is 0.957 bits per heavy atom. The molecule has 0 spiro atoms. The van der Waals surface area contributed by atoms with Crippen LogP contribution in [-0.4, -0.2) is 75.7 Å². The van der Waals surface area contributed by atoms with Crippen molar-refractivity contribution in [2.24, 2.45) is 56.7 Å². The van der Waals surface area contributed by atoms with Gasteiger partial charge in [0.1, 0.15) is 24.4 Å². The minimum Gasteiger partial charge on any atom is -0.481 e. The molecule has 1 saturated heterocycles. The number of carboxylic acid groups (broad SMARTS) is 1. The molecular formula is C38H61NO8. The number of carbonyl (C=O) groups excluding carboxylic acids is 1. The van der Waals surface area contributed by atoms with Crippen LogP contribution in [0.25, 0.3) is 0 Å². The second-order valence-corrected chi connectivity index (χ2v) is 18.5. The fourth-order valence-corrected chi connectivity index (χ4v) is 12.8. The molecule has 5 fully saturated rings. The van der Waals surface area contributed by atoms with Crippen LogP contribution < -0.4 is 5.32 Å². The van der Waals surface area contributed by atoms with Gasteiger partial charge >= 0.3 is 5.97 Å². The van der Waals surface area contributed by atoms with E-state index in [9.17, 15) is 30.0 Å². The van der Waals surface area contributed by atoms with E-state index in [1.165, 1.54) is 6.92 Å². The highest BCUT2D eigenvalue weighted by Gasteiger charge is 2.68. The molecule has 266 valence electrons. The first-order valence-electron chi connectivity index (χ1n) is 18.3. The van der Waals surface area contributed by atoms with Crippen LogP contribution in [0.1, 0.15) is 113 Å². The fraction of sp³-hybridized carbons (Fsp3) is 0.895. The number of aliphatic hydroxyl groups is 3. The summed E-state index contributed by atoms with van der Waals surface area (Å²) in [6.07, 6.45) is 6.55. The maximum Gasteiger partial charge on any atom is 0.306 e. The first-order chi connectivity index (χ1) is 21.8. The molecule has 0 unspecified atom stereocenters. The lowest BCUT2D eigenvalue weighted by molar-refractivity contribution is -0.306. The SMILES string of the molecule is CC(=O)N[C@H]1[C@H](O[C@H]2CC[C@@]3(C)[C@H](CC[C@]4(C)[C@@H]3CC=C3[C@H]5CC(C)(C)C[C@@H](C(=O)O)[C@H]5CC[C@]34C)C2(C)C)O[C@H](CO)[C@@H](O)[C@@H]1O. The predicted octanol–water partition coefficient (Wildman–Crippen LogP) is 5.06. The summed E-state index contributed by atoms with van der Waals surface area (Å²) in [5, 5.41) is 44.3. The standard InChI is InChI=1S/C38H61NO8/c1-20(41)39-29-31(43)30(42)25(19-40)46-33(29)47-28-13-14-36(6)26(35(28,4)5)12-16-38(8)27(36)10-9-24-22-17-34(2,3)18-23(32(44)45)21(22)11-15-37(24,38)7/h9,21-23,25-31,33,40,42-43H,10-19H2,1-8H3,(H,39,41)(H,44,45)/t21-,22-,23+,25+,26+,27+,28-,29+,30+,31+,33-,36-,37+,38+/m0/s1. The van der Waals surface area contributed by atoms with Crippen molar-refractivity contribution in [3.63, 3.8) is 0 Å². The van der Waals surface area contributed by atoms with Gasteiger partial charge in [-0.05, 0) is 109 Å². The molecule has 4 saturated carbocycles. The molecule has 1 heterocycles. The van der Waals surface area contributed by atoms with Crippen molar-refractivity contribution < 1.29 is 39.5 Å². The molecule has 14 atom stereocenters. The summed E-state index contributed by atoms with van der Waals surface area (Å²) in [6.45, 7) is 17.6. The summed E-state index contributed by atoms with van der Waals surface area (Å²) in [5.41, 5.74) is 1.55. The van der Waals surface area contributed by atoms with Crippen LogP contribution in [0.2, 0.25) is 0 Å². The van der Waals surface area contributed by atoms with Gasteiger partial charge in [0, 0.05) is 6.92 Å². The Morgan fingerprint density at radius 3 is 2.30 bits per heavy atom. The molecule has 6 aliphatic rings. The van der Waals surface area contributed by atoms with Crippen LogP contribution in [-0.2, 0) is 19.1 Å². The molecule has 5 aliphatic carbocycles. The Balaban J connectivity index is 1.27. The molecule has 0 aromatic heterocycles. The van der Waals surface area contributed by atoms with E-state index in [1.54, 1.807) is 5.57 Å². The van der Waals surface area contributed by atoms with E-state index < -0.39 is 43.2 Å². The molecule has 9 nitrogen and oxygen atoms in total. The van der Waals surface area contributed by atoms with E-state index in [1.807, 2.05) is 0 Å². The molecule has 5 N–H and O–H groups in total. The first-order valence-corrected chi connectivity index (χ1v) is 18.3. The first kappa shape index (κ1) is 35.3. The number of nitrogens with one attached hydrogen (secondary N) is 1. The van der Waals surface area contributed by atoms with Crippen molar-refractivity contribution in [1.29, 1.82) is 0 Å². The Kier molecular flexibility index (Phi) is 8.85. The number of aliphatic hydroxyl groups excluding tert-OH is 3. The molecule has 0 radical (unpaired) electrons.